The number of anilines is 1. The lowest BCUT2D eigenvalue weighted by molar-refractivity contribution is -0.128. The van der Waals surface area contributed by atoms with Gasteiger partial charge in [0.1, 0.15) is 0 Å². The Morgan fingerprint density at radius 2 is 1.93 bits per heavy atom. The van der Waals surface area contributed by atoms with Crippen LogP contribution >= 0.6 is 11.3 Å². The van der Waals surface area contributed by atoms with E-state index in [2.05, 4.69) is 22.4 Å². The van der Waals surface area contributed by atoms with Crippen LogP contribution in [0.3, 0.4) is 0 Å². The first-order valence-corrected chi connectivity index (χ1v) is 10.2. The van der Waals surface area contributed by atoms with Crippen LogP contribution in [-0.4, -0.2) is 28.2 Å². The smallest absolute Gasteiger partial charge is 0.257 e. The molecule has 1 aromatic heterocycles. The minimum absolute atomic E-state index is 0.184. The van der Waals surface area contributed by atoms with E-state index < -0.39 is 0 Å². The van der Waals surface area contributed by atoms with Crippen LogP contribution in [-0.2, 0) is 17.8 Å². The van der Waals surface area contributed by atoms with Gasteiger partial charge >= 0.3 is 0 Å². The second kappa shape index (κ2) is 8.35. The highest BCUT2D eigenvalue weighted by atomic mass is 32.1. The molecule has 0 atom stereocenters. The molecular weight excluding hydrogens is 370 g/mol. The molecule has 1 N–H and O–H groups in total. The van der Waals surface area contributed by atoms with Crippen LogP contribution in [0.2, 0.25) is 0 Å². The average Bonchev–Trinajstić information content (AvgIpc) is 3.32. The number of carbonyl (C=O) groups is 2. The van der Waals surface area contributed by atoms with Gasteiger partial charge in [-0.2, -0.15) is 0 Å². The Balaban J connectivity index is 1.40. The van der Waals surface area contributed by atoms with Gasteiger partial charge in [0.2, 0.25) is 5.91 Å². The van der Waals surface area contributed by atoms with Gasteiger partial charge in [0, 0.05) is 42.6 Å². The molecule has 1 saturated heterocycles. The molecule has 2 heterocycles. The molecule has 0 bridgehead atoms. The lowest BCUT2D eigenvalue weighted by Gasteiger charge is -2.15. The van der Waals surface area contributed by atoms with Crippen molar-refractivity contribution < 1.29 is 9.59 Å². The molecule has 0 unspecified atom stereocenters. The van der Waals surface area contributed by atoms with Gasteiger partial charge in [0.25, 0.3) is 5.91 Å². The number of amides is 2. The third kappa shape index (κ3) is 4.46. The lowest BCUT2D eigenvalue weighted by Crippen LogP contribution is -2.24. The molecule has 28 heavy (non-hydrogen) atoms. The number of carbonyl (C=O) groups excluding carboxylic acids is 2. The van der Waals surface area contributed by atoms with Crippen molar-refractivity contribution in [2.75, 3.05) is 11.9 Å². The van der Waals surface area contributed by atoms with Crippen molar-refractivity contribution in [2.45, 2.75) is 25.8 Å². The van der Waals surface area contributed by atoms with E-state index in [1.54, 1.807) is 6.07 Å². The van der Waals surface area contributed by atoms with E-state index in [1.165, 1.54) is 16.9 Å². The number of thiazole rings is 1. The number of hydrogen-bond acceptors (Lipinski definition) is 4. The fourth-order valence-corrected chi connectivity index (χ4v) is 4.16. The molecule has 2 aromatic carbocycles. The van der Waals surface area contributed by atoms with Crippen LogP contribution < -0.4 is 5.32 Å². The maximum absolute atomic E-state index is 12.6. The molecule has 3 aromatic rings. The second-order valence-electron chi connectivity index (χ2n) is 6.87. The third-order valence-electron chi connectivity index (χ3n) is 4.73. The van der Waals surface area contributed by atoms with Gasteiger partial charge in [-0.15, -0.1) is 11.3 Å². The molecule has 1 aliphatic heterocycles. The standard InChI is InChI=1S/C22H21N3O2S/c26-20-10-5-11-25(20)15-17-8-4-9-18(12-17)21(27)24-22-23-14-19(28-22)13-16-6-2-1-3-7-16/h1-4,6-9,12,14H,5,10-11,13,15H2,(H,23,24,27). The van der Waals surface area contributed by atoms with E-state index in [0.717, 1.165) is 29.8 Å². The average molecular weight is 391 g/mol. The quantitative estimate of drug-likeness (QED) is 0.688. The number of benzene rings is 2. The van der Waals surface area contributed by atoms with Gasteiger partial charge in [-0.3, -0.25) is 14.9 Å². The van der Waals surface area contributed by atoms with Crippen molar-refractivity contribution in [3.05, 3.63) is 82.4 Å². The third-order valence-corrected chi connectivity index (χ3v) is 5.64. The molecule has 4 rings (SSSR count). The zero-order chi connectivity index (χ0) is 19.3. The van der Waals surface area contributed by atoms with E-state index in [4.69, 9.17) is 0 Å². The maximum atomic E-state index is 12.6. The summed E-state index contributed by atoms with van der Waals surface area (Å²) < 4.78 is 0. The largest absolute Gasteiger partial charge is 0.338 e. The van der Waals surface area contributed by atoms with E-state index in [9.17, 15) is 9.59 Å². The summed E-state index contributed by atoms with van der Waals surface area (Å²) in [4.78, 5) is 31.7. The van der Waals surface area contributed by atoms with Crippen LogP contribution in [0.5, 0.6) is 0 Å². The van der Waals surface area contributed by atoms with Crippen LogP contribution in [0.1, 0.15) is 39.2 Å². The lowest BCUT2D eigenvalue weighted by atomic mass is 10.1. The summed E-state index contributed by atoms with van der Waals surface area (Å²) in [5.74, 6) is -0.00112. The molecule has 0 spiro atoms. The van der Waals surface area contributed by atoms with Gasteiger partial charge in [0.15, 0.2) is 5.13 Å². The van der Waals surface area contributed by atoms with Crippen molar-refractivity contribution in [2.24, 2.45) is 0 Å². The molecule has 0 saturated carbocycles. The van der Waals surface area contributed by atoms with E-state index in [1.807, 2.05) is 47.5 Å². The molecule has 6 heteroatoms. The molecule has 0 aliphatic carbocycles. The maximum Gasteiger partial charge on any atom is 0.257 e. The summed E-state index contributed by atoms with van der Waals surface area (Å²) in [5.41, 5.74) is 2.75. The highest BCUT2D eigenvalue weighted by Crippen LogP contribution is 2.22. The number of hydrogen-bond donors (Lipinski definition) is 1. The number of nitrogens with zero attached hydrogens (tertiary/aromatic N) is 2. The summed E-state index contributed by atoms with van der Waals surface area (Å²) >= 11 is 1.49. The zero-order valence-corrected chi connectivity index (χ0v) is 16.2. The van der Waals surface area contributed by atoms with Gasteiger partial charge in [-0.25, -0.2) is 4.98 Å². The van der Waals surface area contributed by atoms with E-state index >= 15 is 0 Å². The Hall–Kier alpha value is -2.99. The summed E-state index contributed by atoms with van der Waals surface area (Å²) in [6.45, 7) is 1.34. The van der Waals surface area contributed by atoms with Gasteiger partial charge in [-0.05, 0) is 29.7 Å². The van der Waals surface area contributed by atoms with Gasteiger partial charge < -0.3 is 4.90 Å². The Kier molecular flexibility index (Phi) is 5.48. The first-order chi connectivity index (χ1) is 13.7. The Labute approximate surface area is 168 Å². The SMILES string of the molecule is O=C(Nc1ncc(Cc2ccccc2)s1)c1cccc(CN2CCCC2=O)c1. The van der Waals surface area contributed by atoms with Crippen LogP contribution in [0, 0.1) is 0 Å². The number of nitrogens with one attached hydrogen (secondary N) is 1. The predicted octanol–water partition coefficient (Wildman–Crippen LogP) is 4.11. The van der Waals surface area contributed by atoms with Crippen LogP contribution in [0.25, 0.3) is 0 Å². The Morgan fingerprint density at radius 1 is 1.11 bits per heavy atom. The summed E-state index contributed by atoms with van der Waals surface area (Å²) in [5, 5.41) is 3.48. The van der Waals surface area contributed by atoms with Crippen molar-refractivity contribution in [3.63, 3.8) is 0 Å². The summed E-state index contributed by atoms with van der Waals surface area (Å²) in [6.07, 6.45) is 4.14. The Morgan fingerprint density at radius 3 is 2.71 bits per heavy atom. The topological polar surface area (TPSA) is 62.3 Å². The molecule has 2 amide bonds. The first kappa shape index (κ1) is 18.4. The Bertz CT molecular complexity index is 984. The molecular formula is C22H21N3O2S. The minimum Gasteiger partial charge on any atom is -0.338 e. The van der Waals surface area contributed by atoms with Gasteiger partial charge in [0.05, 0.1) is 0 Å². The zero-order valence-electron chi connectivity index (χ0n) is 15.4. The fourth-order valence-electron chi connectivity index (χ4n) is 3.32. The number of rotatable bonds is 6. The highest BCUT2D eigenvalue weighted by molar-refractivity contribution is 7.15. The predicted molar refractivity (Wildman–Crippen MR) is 110 cm³/mol. The monoisotopic (exact) mass is 391 g/mol. The summed E-state index contributed by atoms with van der Waals surface area (Å²) in [6, 6.07) is 17.6. The van der Waals surface area contributed by atoms with Crippen LogP contribution in [0.15, 0.2) is 60.8 Å². The highest BCUT2D eigenvalue weighted by Gasteiger charge is 2.20. The number of aromatic nitrogens is 1. The second-order valence-corrected chi connectivity index (χ2v) is 7.98. The van der Waals surface area contributed by atoms with Crippen LogP contribution in [0.4, 0.5) is 5.13 Å². The minimum atomic E-state index is -0.185. The van der Waals surface area contributed by atoms with E-state index in [0.29, 0.717) is 23.7 Å². The molecule has 5 nitrogen and oxygen atoms in total. The number of likely N-dealkylation sites (tertiary alicyclic amines) is 1. The fraction of sp³-hybridized carbons (Fsp3) is 0.227. The van der Waals surface area contributed by atoms with E-state index in [-0.39, 0.29) is 11.8 Å². The molecule has 142 valence electrons. The molecule has 0 radical (unpaired) electrons. The van der Waals surface area contributed by atoms with Crippen molar-refractivity contribution in [1.29, 1.82) is 0 Å². The van der Waals surface area contributed by atoms with Crippen molar-refractivity contribution in [3.8, 4) is 0 Å². The molecule has 1 fully saturated rings. The van der Waals surface area contributed by atoms with Gasteiger partial charge in [-0.1, -0.05) is 42.5 Å². The normalized spacial score (nSPS) is 13.7. The van der Waals surface area contributed by atoms with Crippen molar-refractivity contribution >= 4 is 28.3 Å². The molecule has 1 aliphatic rings. The summed E-state index contributed by atoms with van der Waals surface area (Å²) in [7, 11) is 0. The first-order valence-electron chi connectivity index (χ1n) is 9.34. The van der Waals surface area contributed by atoms with Crippen molar-refractivity contribution in [1.82, 2.24) is 9.88 Å².